The van der Waals surface area contributed by atoms with Crippen LogP contribution in [-0.2, 0) is 17.6 Å². The van der Waals surface area contributed by atoms with Crippen LogP contribution >= 0.6 is 11.8 Å². The summed E-state index contributed by atoms with van der Waals surface area (Å²) in [6.45, 7) is 0.479. The fraction of sp³-hybridized carbons (Fsp3) is 0.235. The third-order valence-electron chi connectivity index (χ3n) is 3.55. The van der Waals surface area contributed by atoms with E-state index in [0.717, 1.165) is 28.8 Å². The number of aromatic nitrogens is 1. The molecule has 0 bridgehead atoms. The zero-order valence-corrected chi connectivity index (χ0v) is 13.6. The summed E-state index contributed by atoms with van der Waals surface area (Å²) >= 11 is 1.03. The Bertz CT molecular complexity index is 731. The molecule has 24 heavy (non-hydrogen) atoms. The number of carbonyl (C=O) groups is 2. The second-order valence-corrected chi connectivity index (χ2v) is 6.51. The van der Waals surface area contributed by atoms with Crippen molar-refractivity contribution in [3.8, 4) is 11.5 Å². The Morgan fingerprint density at radius 3 is 2.58 bits per heavy atom. The van der Waals surface area contributed by atoms with Crippen LogP contribution in [0.3, 0.4) is 0 Å². The largest absolute Gasteiger partial charge is 0.506 e. The van der Waals surface area contributed by atoms with Crippen LogP contribution in [0.5, 0.6) is 11.5 Å². The summed E-state index contributed by atoms with van der Waals surface area (Å²) in [6, 6.07) is 10.8. The fourth-order valence-electron chi connectivity index (χ4n) is 2.30. The average molecular weight is 344 g/mol. The maximum absolute atomic E-state index is 11.6. The lowest BCUT2D eigenvalue weighted by Gasteiger charge is -2.08. The summed E-state index contributed by atoms with van der Waals surface area (Å²) in [5.41, 5.74) is 1.82. The first-order valence-electron chi connectivity index (χ1n) is 7.47. The number of benzene rings is 1. The van der Waals surface area contributed by atoms with E-state index in [1.807, 2.05) is 24.3 Å². The number of rotatable bonds is 6. The van der Waals surface area contributed by atoms with Crippen LogP contribution in [0.15, 0.2) is 42.6 Å². The molecule has 1 fully saturated rings. The van der Waals surface area contributed by atoms with E-state index < -0.39 is 0 Å². The van der Waals surface area contributed by atoms with E-state index in [9.17, 15) is 14.7 Å². The highest BCUT2D eigenvalue weighted by molar-refractivity contribution is 8.15. The molecule has 0 radical (unpaired) electrons. The van der Waals surface area contributed by atoms with Crippen LogP contribution in [0, 0.1) is 0 Å². The maximum atomic E-state index is 11.6. The molecule has 1 aromatic carbocycles. The highest BCUT2D eigenvalue weighted by atomic mass is 32.2. The minimum Gasteiger partial charge on any atom is -0.506 e. The van der Waals surface area contributed by atoms with Crippen molar-refractivity contribution in [1.29, 1.82) is 0 Å². The molecule has 0 aliphatic carbocycles. The van der Waals surface area contributed by atoms with Gasteiger partial charge in [-0.2, -0.15) is 0 Å². The van der Waals surface area contributed by atoms with Gasteiger partial charge in [0.05, 0.1) is 18.1 Å². The topological polar surface area (TPSA) is 88.5 Å². The van der Waals surface area contributed by atoms with E-state index in [1.54, 1.807) is 12.1 Å². The van der Waals surface area contributed by atoms with E-state index in [2.05, 4.69) is 10.3 Å². The second-order valence-electron chi connectivity index (χ2n) is 5.34. The Labute approximate surface area is 143 Å². The number of imide groups is 1. The minimum atomic E-state index is -0.357. The molecule has 2 amide bonds. The van der Waals surface area contributed by atoms with Gasteiger partial charge < -0.3 is 9.84 Å². The maximum Gasteiger partial charge on any atom is 0.286 e. The fourth-order valence-corrected chi connectivity index (χ4v) is 3.16. The summed E-state index contributed by atoms with van der Waals surface area (Å²) in [5, 5.41) is 10.8. The monoisotopic (exact) mass is 344 g/mol. The van der Waals surface area contributed by atoms with Crippen molar-refractivity contribution in [2.24, 2.45) is 0 Å². The van der Waals surface area contributed by atoms with Crippen LogP contribution in [-0.4, -0.2) is 33.1 Å². The van der Waals surface area contributed by atoms with Crippen molar-refractivity contribution >= 4 is 22.9 Å². The molecule has 1 unspecified atom stereocenters. The van der Waals surface area contributed by atoms with Gasteiger partial charge in [-0.15, -0.1) is 0 Å². The van der Waals surface area contributed by atoms with Gasteiger partial charge in [-0.1, -0.05) is 23.9 Å². The molecule has 1 aromatic heterocycles. The van der Waals surface area contributed by atoms with Gasteiger partial charge in [-0.3, -0.25) is 19.9 Å². The number of hydrogen-bond donors (Lipinski definition) is 2. The highest BCUT2D eigenvalue weighted by Crippen LogP contribution is 2.23. The minimum absolute atomic E-state index is 0.145. The Morgan fingerprint density at radius 2 is 1.96 bits per heavy atom. The van der Waals surface area contributed by atoms with Gasteiger partial charge in [0.1, 0.15) is 11.5 Å². The Kier molecular flexibility index (Phi) is 5.00. The van der Waals surface area contributed by atoms with Crippen LogP contribution < -0.4 is 10.1 Å². The molecular weight excluding hydrogens is 328 g/mol. The summed E-state index contributed by atoms with van der Waals surface area (Å²) < 4.78 is 5.66. The number of aromatic hydroxyl groups is 1. The first-order chi connectivity index (χ1) is 11.6. The summed E-state index contributed by atoms with van der Waals surface area (Å²) in [7, 11) is 0. The SMILES string of the molecule is O=C1NC(=O)C(Cc2ccc(OCCc3ccc(O)cn3)cc2)S1. The lowest BCUT2D eigenvalue weighted by Crippen LogP contribution is -2.25. The second kappa shape index (κ2) is 7.35. The molecule has 2 heterocycles. The number of amides is 2. The van der Waals surface area contributed by atoms with Gasteiger partial charge in [0.2, 0.25) is 5.91 Å². The number of carbonyl (C=O) groups excluding carboxylic acids is 2. The molecule has 1 aliphatic rings. The molecule has 2 aromatic rings. The zero-order valence-electron chi connectivity index (χ0n) is 12.8. The molecule has 2 N–H and O–H groups in total. The lowest BCUT2D eigenvalue weighted by atomic mass is 10.1. The first kappa shape index (κ1) is 16.3. The van der Waals surface area contributed by atoms with Crippen molar-refractivity contribution in [1.82, 2.24) is 10.3 Å². The van der Waals surface area contributed by atoms with Crippen LogP contribution in [0.1, 0.15) is 11.3 Å². The number of thioether (sulfide) groups is 1. The smallest absolute Gasteiger partial charge is 0.286 e. The Balaban J connectivity index is 1.48. The van der Waals surface area contributed by atoms with Gasteiger partial charge in [-0.05, 0) is 36.2 Å². The molecular formula is C17H16N2O4S. The quantitative estimate of drug-likeness (QED) is 0.836. The van der Waals surface area contributed by atoms with E-state index in [4.69, 9.17) is 4.74 Å². The first-order valence-corrected chi connectivity index (χ1v) is 8.35. The average Bonchev–Trinajstić information content (AvgIpc) is 2.88. The van der Waals surface area contributed by atoms with Crippen LogP contribution in [0.4, 0.5) is 4.79 Å². The van der Waals surface area contributed by atoms with Crippen LogP contribution in [0.25, 0.3) is 0 Å². The molecule has 1 saturated heterocycles. The summed E-state index contributed by atoms with van der Waals surface area (Å²) in [5.74, 6) is 0.648. The third kappa shape index (κ3) is 4.26. The van der Waals surface area contributed by atoms with Crippen molar-refractivity contribution in [2.75, 3.05) is 6.61 Å². The molecule has 124 valence electrons. The Hall–Kier alpha value is -2.54. The zero-order chi connectivity index (χ0) is 16.9. The third-order valence-corrected chi connectivity index (χ3v) is 4.53. The molecule has 3 rings (SSSR count). The number of hydrogen-bond acceptors (Lipinski definition) is 6. The van der Waals surface area contributed by atoms with Crippen molar-refractivity contribution in [2.45, 2.75) is 18.1 Å². The normalized spacial score (nSPS) is 16.9. The van der Waals surface area contributed by atoms with Crippen molar-refractivity contribution < 1.29 is 19.4 Å². The summed E-state index contributed by atoms with van der Waals surface area (Å²) in [6.07, 6.45) is 2.56. The molecule has 7 heteroatoms. The van der Waals surface area contributed by atoms with E-state index >= 15 is 0 Å². The predicted molar refractivity (Wildman–Crippen MR) is 90.2 cm³/mol. The Morgan fingerprint density at radius 1 is 1.17 bits per heavy atom. The molecule has 0 saturated carbocycles. The number of ether oxygens (including phenoxy) is 1. The van der Waals surface area contributed by atoms with Crippen LogP contribution in [0.2, 0.25) is 0 Å². The van der Waals surface area contributed by atoms with Crippen molar-refractivity contribution in [3.05, 3.63) is 53.9 Å². The van der Waals surface area contributed by atoms with Gasteiger partial charge >= 0.3 is 0 Å². The van der Waals surface area contributed by atoms with Gasteiger partial charge in [0.25, 0.3) is 5.24 Å². The number of nitrogens with zero attached hydrogens (tertiary/aromatic N) is 1. The molecule has 1 aliphatic heterocycles. The predicted octanol–water partition coefficient (Wildman–Crippen LogP) is 2.30. The lowest BCUT2D eigenvalue weighted by molar-refractivity contribution is -0.118. The van der Waals surface area contributed by atoms with E-state index in [0.29, 0.717) is 19.4 Å². The van der Waals surface area contributed by atoms with Crippen molar-refractivity contribution in [3.63, 3.8) is 0 Å². The molecule has 0 spiro atoms. The van der Waals surface area contributed by atoms with Gasteiger partial charge in [0.15, 0.2) is 0 Å². The standard InChI is InChI=1S/C17H16N2O4S/c20-13-4-3-12(18-10-13)7-8-23-14-5-1-11(2-6-14)9-15-16(21)19-17(22)24-15/h1-6,10,15,20H,7-9H2,(H,19,21,22). The van der Waals surface area contributed by atoms with Gasteiger partial charge in [-0.25, -0.2) is 0 Å². The number of pyridine rings is 1. The van der Waals surface area contributed by atoms with Gasteiger partial charge in [0, 0.05) is 12.1 Å². The van der Waals surface area contributed by atoms with E-state index in [-0.39, 0.29) is 22.1 Å². The van der Waals surface area contributed by atoms with E-state index in [1.165, 1.54) is 6.20 Å². The number of nitrogens with one attached hydrogen (secondary N) is 1. The molecule has 1 atom stereocenters. The summed E-state index contributed by atoms with van der Waals surface area (Å²) in [4.78, 5) is 26.8. The molecule has 6 nitrogen and oxygen atoms in total. The highest BCUT2D eigenvalue weighted by Gasteiger charge is 2.31.